The highest BCUT2D eigenvalue weighted by Crippen LogP contribution is 2.24. The van der Waals surface area contributed by atoms with Crippen LogP contribution in [0.4, 0.5) is 0 Å². The third-order valence-electron chi connectivity index (χ3n) is 5.40. The molecule has 0 radical (unpaired) electrons. The zero-order valence-electron chi connectivity index (χ0n) is 20.3. The molecular formula is C28H32INO6. The molecule has 7 nitrogen and oxygen atoms in total. The number of halogens is 1. The second-order valence-electron chi connectivity index (χ2n) is 8.26. The summed E-state index contributed by atoms with van der Waals surface area (Å²) in [7, 11) is 0. The normalized spacial score (nSPS) is 11.8. The first kappa shape index (κ1) is 28.1. The molecule has 192 valence electrons. The molecule has 8 heteroatoms. The molecular weight excluding hydrogens is 573 g/mol. The number of nitrogens with one attached hydrogen (secondary N) is 1. The molecule has 1 atom stereocenters. The first-order valence-electron chi connectivity index (χ1n) is 11.8. The standard InChI is InChI=1S/C28H32INO6/c1-20(32)36-28-10-7-23(16-24(28)18-31)27(33)17-30-12-11-21-5-8-26(9-6-21)35-14-13-34-19-22-3-2-4-25(29)15-22/h2-10,15-16,27,30-31,33H,11-14,17-19H2,1H3. The molecule has 0 aliphatic rings. The number of ether oxygens (including phenoxy) is 3. The molecule has 0 amide bonds. The van der Waals surface area contributed by atoms with E-state index in [0.717, 1.165) is 23.3 Å². The van der Waals surface area contributed by atoms with Crippen molar-refractivity contribution in [3.8, 4) is 11.5 Å². The van der Waals surface area contributed by atoms with E-state index in [2.05, 4.69) is 46.1 Å². The van der Waals surface area contributed by atoms with Gasteiger partial charge in [0.05, 0.1) is 25.9 Å². The van der Waals surface area contributed by atoms with E-state index in [-0.39, 0.29) is 6.61 Å². The fourth-order valence-corrected chi connectivity index (χ4v) is 4.17. The van der Waals surface area contributed by atoms with Crippen LogP contribution in [0.25, 0.3) is 0 Å². The van der Waals surface area contributed by atoms with Gasteiger partial charge in [-0.2, -0.15) is 0 Å². The van der Waals surface area contributed by atoms with Crippen LogP contribution < -0.4 is 14.8 Å². The molecule has 0 spiro atoms. The Morgan fingerprint density at radius 3 is 2.56 bits per heavy atom. The van der Waals surface area contributed by atoms with E-state index in [1.54, 1.807) is 18.2 Å². The summed E-state index contributed by atoms with van der Waals surface area (Å²) in [4.78, 5) is 11.2. The zero-order chi connectivity index (χ0) is 25.8. The van der Waals surface area contributed by atoms with E-state index in [1.165, 1.54) is 10.5 Å². The van der Waals surface area contributed by atoms with Gasteiger partial charge >= 0.3 is 5.97 Å². The van der Waals surface area contributed by atoms with Crippen molar-refractivity contribution in [3.63, 3.8) is 0 Å². The predicted molar refractivity (Wildman–Crippen MR) is 146 cm³/mol. The van der Waals surface area contributed by atoms with Crippen molar-refractivity contribution in [2.75, 3.05) is 26.3 Å². The Bertz CT molecular complexity index is 1110. The fourth-order valence-electron chi connectivity index (χ4n) is 3.56. The Kier molecular flexibility index (Phi) is 11.6. The number of rotatable bonds is 14. The molecule has 0 fully saturated rings. The van der Waals surface area contributed by atoms with Crippen molar-refractivity contribution < 1.29 is 29.2 Å². The fraction of sp³-hybridized carbons (Fsp3) is 0.321. The molecule has 3 aromatic rings. The maximum Gasteiger partial charge on any atom is 0.308 e. The largest absolute Gasteiger partial charge is 0.491 e. The maximum absolute atomic E-state index is 11.2. The monoisotopic (exact) mass is 605 g/mol. The average Bonchev–Trinajstić information content (AvgIpc) is 2.87. The third-order valence-corrected chi connectivity index (χ3v) is 6.07. The lowest BCUT2D eigenvalue weighted by Gasteiger charge is -2.15. The van der Waals surface area contributed by atoms with Gasteiger partial charge in [-0.05, 0) is 88.6 Å². The minimum Gasteiger partial charge on any atom is -0.491 e. The predicted octanol–water partition coefficient (Wildman–Crippen LogP) is 4.17. The number of aliphatic hydroxyl groups is 2. The van der Waals surface area contributed by atoms with Crippen molar-refractivity contribution in [3.05, 3.63) is 92.6 Å². The molecule has 0 saturated carbocycles. The molecule has 3 N–H and O–H groups in total. The minimum atomic E-state index is -0.745. The van der Waals surface area contributed by atoms with E-state index in [4.69, 9.17) is 14.2 Å². The van der Waals surface area contributed by atoms with Crippen molar-refractivity contribution in [1.29, 1.82) is 0 Å². The molecule has 0 aliphatic carbocycles. The Morgan fingerprint density at radius 2 is 1.83 bits per heavy atom. The lowest BCUT2D eigenvalue weighted by atomic mass is 10.0. The van der Waals surface area contributed by atoms with E-state index in [0.29, 0.717) is 49.8 Å². The summed E-state index contributed by atoms with van der Waals surface area (Å²) in [5.41, 5.74) is 3.42. The Hall–Kier alpha value is -2.50. The first-order chi connectivity index (χ1) is 17.4. The molecule has 3 rings (SSSR count). The molecule has 0 heterocycles. The van der Waals surface area contributed by atoms with Crippen molar-refractivity contribution in [2.45, 2.75) is 32.7 Å². The Labute approximate surface area is 225 Å². The molecule has 1 unspecified atom stereocenters. The second kappa shape index (κ2) is 14.9. The van der Waals surface area contributed by atoms with Gasteiger partial charge in [0.25, 0.3) is 0 Å². The van der Waals surface area contributed by atoms with Crippen LogP contribution in [0.15, 0.2) is 66.7 Å². The summed E-state index contributed by atoms with van der Waals surface area (Å²) < 4.78 is 17.7. The van der Waals surface area contributed by atoms with Gasteiger partial charge in [0.1, 0.15) is 18.1 Å². The average molecular weight is 605 g/mol. The van der Waals surface area contributed by atoms with Crippen LogP contribution in [0.1, 0.15) is 35.3 Å². The van der Waals surface area contributed by atoms with Gasteiger partial charge in [0, 0.05) is 22.6 Å². The summed E-state index contributed by atoms with van der Waals surface area (Å²) in [6.07, 6.45) is 0.0596. The minimum absolute atomic E-state index is 0.281. The number of aliphatic hydroxyl groups excluding tert-OH is 2. The summed E-state index contributed by atoms with van der Waals surface area (Å²) in [5, 5.41) is 23.2. The van der Waals surface area contributed by atoms with Gasteiger partial charge < -0.3 is 29.7 Å². The van der Waals surface area contributed by atoms with E-state index < -0.39 is 12.1 Å². The third kappa shape index (κ3) is 9.51. The lowest BCUT2D eigenvalue weighted by molar-refractivity contribution is -0.131. The van der Waals surface area contributed by atoms with Crippen molar-refractivity contribution >= 4 is 28.6 Å². The quantitative estimate of drug-likeness (QED) is 0.110. The SMILES string of the molecule is CC(=O)Oc1ccc(C(O)CNCCc2ccc(OCCOCc3cccc(I)c3)cc2)cc1CO. The number of carbonyl (C=O) groups is 1. The van der Waals surface area contributed by atoms with E-state index in [9.17, 15) is 15.0 Å². The topological polar surface area (TPSA) is 97.3 Å². The molecule has 36 heavy (non-hydrogen) atoms. The first-order valence-corrected chi connectivity index (χ1v) is 12.9. The van der Waals surface area contributed by atoms with Crippen LogP contribution >= 0.6 is 22.6 Å². The van der Waals surface area contributed by atoms with Gasteiger partial charge in [0.15, 0.2) is 0 Å². The highest BCUT2D eigenvalue weighted by atomic mass is 127. The van der Waals surface area contributed by atoms with Gasteiger partial charge in [-0.3, -0.25) is 4.79 Å². The zero-order valence-corrected chi connectivity index (χ0v) is 22.4. The van der Waals surface area contributed by atoms with Crippen LogP contribution in [-0.2, 0) is 29.2 Å². The van der Waals surface area contributed by atoms with E-state index in [1.807, 2.05) is 30.3 Å². The summed E-state index contributed by atoms with van der Waals surface area (Å²) in [6, 6.07) is 21.1. The Balaban J connectivity index is 1.33. The molecule has 3 aromatic carbocycles. The van der Waals surface area contributed by atoms with Gasteiger partial charge in [0.2, 0.25) is 0 Å². The smallest absolute Gasteiger partial charge is 0.308 e. The van der Waals surface area contributed by atoms with Crippen LogP contribution in [0, 0.1) is 3.57 Å². The number of hydrogen-bond acceptors (Lipinski definition) is 7. The highest BCUT2D eigenvalue weighted by molar-refractivity contribution is 14.1. The molecule has 0 saturated heterocycles. The summed E-state index contributed by atoms with van der Waals surface area (Å²) >= 11 is 2.29. The number of benzene rings is 3. The van der Waals surface area contributed by atoms with Crippen molar-refractivity contribution in [1.82, 2.24) is 5.32 Å². The maximum atomic E-state index is 11.2. The van der Waals surface area contributed by atoms with Gasteiger partial charge in [-0.25, -0.2) is 0 Å². The van der Waals surface area contributed by atoms with Crippen LogP contribution in [0.2, 0.25) is 0 Å². The lowest BCUT2D eigenvalue weighted by Crippen LogP contribution is -2.24. The van der Waals surface area contributed by atoms with E-state index >= 15 is 0 Å². The highest BCUT2D eigenvalue weighted by Gasteiger charge is 2.12. The summed E-state index contributed by atoms with van der Waals surface area (Å²) in [6.45, 7) is 3.66. The molecule has 0 aliphatic heterocycles. The van der Waals surface area contributed by atoms with Crippen LogP contribution in [-0.4, -0.2) is 42.5 Å². The second-order valence-corrected chi connectivity index (χ2v) is 9.51. The van der Waals surface area contributed by atoms with Gasteiger partial charge in [-0.1, -0.05) is 30.3 Å². The number of hydrogen-bond donors (Lipinski definition) is 3. The van der Waals surface area contributed by atoms with Crippen LogP contribution in [0.5, 0.6) is 11.5 Å². The van der Waals surface area contributed by atoms with Gasteiger partial charge in [-0.15, -0.1) is 0 Å². The van der Waals surface area contributed by atoms with Crippen LogP contribution in [0.3, 0.4) is 0 Å². The number of carbonyl (C=O) groups excluding carboxylic acids is 1. The number of esters is 1. The molecule has 0 aromatic heterocycles. The van der Waals surface area contributed by atoms with Crippen molar-refractivity contribution in [2.24, 2.45) is 0 Å². The molecule has 0 bridgehead atoms. The Morgan fingerprint density at radius 1 is 1.03 bits per heavy atom. The summed E-state index contributed by atoms with van der Waals surface area (Å²) in [5.74, 6) is 0.648.